The first-order valence-electron chi connectivity index (χ1n) is 25.1. The van der Waals surface area contributed by atoms with E-state index in [-0.39, 0.29) is 6.42 Å². The largest absolute Gasteiger partial charge is 0.387 e. The van der Waals surface area contributed by atoms with E-state index in [1.165, 1.54) is 199 Å². The van der Waals surface area contributed by atoms with Crippen LogP contribution in [0, 0.1) is 0 Å². The molecule has 3 atom stereocenters. The lowest BCUT2D eigenvalue weighted by molar-refractivity contribution is -0.130. The van der Waals surface area contributed by atoms with Gasteiger partial charge in [-0.15, -0.1) is 0 Å². The van der Waals surface area contributed by atoms with E-state index < -0.39 is 40.0 Å². The Kier molecular flexibility index (Phi) is 42.9. The van der Waals surface area contributed by atoms with Crippen molar-refractivity contribution in [2.24, 2.45) is 0 Å². The molecule has 0 saturated heterocycles. The maximum absolute atomic E-state index is 12.7. The molecule has 0 fully saturated rings. The molecule has 8 heteroatoms. The standard InChI is InChI=1S/C50H97NO6S/c1-3-5-7-9-11-13-15-17-19-21-23-25-27-28-30-32-34-36-38-40-42-44-48(52)47(46-58(55,56)57)51-50(54)49(53)45-43-41-39-37-35-33-31-29-26-24-22-20-18-16-14-12-10-8-6-4-2/h26,29,42,44,47-49,52-53H,3-25,27-28,30-41,43,45-46H2,1-2H3,(H,51,54)(H,55,56,57)/b29-26-,44-42+. The number of allylic oxidation sites excluding steroid dienone is 3. The zero-order valence-electron chi connectivity index (χ0n) is 38.3. The summed E-state index contributed by atoms with van der Waals surface area (Å²) in [6.45, 7) is 4.55. The van der Waals surface area contributed by atoms with E-state index in [9.17, 15) is 28.0 Å². The van der Waals surface area contributed by atoms with E-state index in [4.69, 9.17) is 0 Å². The van der Waals surface area contributed by atoms with Gasteiger partial charge in [-0.1, -0.05) is 244 Å². The van der Waals surface area contributed by atoms with Crippen molar-refractivity contribution >= 4 is 16.0 Å². The van der Waals surface area contributed by atoms with Crippen molar-refractivity contribution in [1.29, 1.82) is 0 Å². The van der Waals surface area contributed by atoms with Crippen LogP contribution in [-0.2, 0) is 14.9 Å². The molecule has 1 amide bonds. The zero-order valence-corrected chi connectivity index (χ0v) is 39.1. The number of hydrogen-bond acceptors (Lipinski definition) is 5. The summed E-state index contributed by atoms with van der Waals surface area (Å²) < 4.78 is 32.7. The summed E-state index contributed by atoms with van der Waals surface area (Å²) in [5.74, 6) is -1.53. The smallest absolute Gasteiger partial charge is 0.267 e. The van der Waals surface area contributed by atoms with Gasteiger partial charge in [0.15, 0.2) is 0 Å². The van der Waals surface area contributed by atoms with E-state index >= 15 is 0 Å². The first-order chi connectivity index (χ1) is 28.2. The molecule has 3 unspecified atom stereocenters. The van der Waals surface area contributed by atoms with Crippen LogP contribution in [0.3, 0.4) is 0 Å². The van der Waals surface area contributed by atoms with Gasteiger partial charge in [-0.25, -0.2) is 0 Å². The fourth-order valence-corrected chi connectivity index (χ4v) is 8.60. The van der Waals surface area contributed by atoms with Gasteiger partial charge in [0.25, 0.3) is 10.1 Å². The Bertz CT molecular complexity index is 1030. The first kappa shape index (κ1) is 56.8. The maximum Gasteiger partial charge on any atom is 0.267 e. The van der Waals surface area contributed by atoms with Crippen LogP contribution in [0.4, 0.5) is 0 Å². The van der Waals surface area contributed by atoms with Gasteiger partial charge in [-0.2, -0.15) is 8.42 Å². The minimum absolute atomic E-state index is 0.275. The Labute approximate surface area is 360 Å². The number of hydrogen-bond donors (Lipinski definition) is 4. The second-order valence-corrected chi connectivity index (χ2v) is 19.1. The third-order valence-corrected chi connectivity index (χ3v) is 12.5. The molecule has 0 bridgehead atoms. The van der Waals surface area contributed by atoms with Gasteiger partial charge in [-0.3, -0.25) is 9.35 Å². The first-order valence-corrected chi connectivity index (χ1v) is 26.8. The fourth-order valence-electron chi connectivity index (χ4n) is 7.87. The number of rotatable bonds is 46. The quantitative estimate of drug-likeness (QED) is 0.0275. The van der Waals surface area contributed by atoms with Crippen LogP contribution in [-0.4, -0.2) is 53.1 Å². The number of unbranched alkanes of at least 4 members (excludes halogenated alkanes) is 35. The van der Waals surface area contributed by atoms with Crippen LogP contribution in [0.15, 0.2) is 24.3 Å². The van der Waals surface area contributed by atoms with Gasteiger partial charge >= 0.3 is 0 Å². The van der Waals surface area contributed by atoms with Crippen molar-refractivity contribution in [2.45, 2.75) is 283 Å². The lowest BCUT2D eigenvalue weighted by atomic mass is 10.0. The van der Waals surface area contributed by atoms with Crippen molar-refractivity contribution in [1.82, 2.24) is 5.32 Å². The van der Waals surface area contributed by atoms with Crippen LogP contribution in [0.2, 0.25) is 0 Å². The molecule has 0 aliphatic rings. The van der Waals surface area contributed by atoms with Crippen LogP contribution < -0.4 is 5.32 Å². The summed E-state index contributed by atoms with van der Waals surface area (Å²) in [5.41, 5.74) is 0. The van der Waals surface area contributed by atoms with Gasteiger partial charge in [0.05, 0.1) is 17.9 Å². The third kappa shape index (κ3) is 42.9. The number of nitrogens with one attached hydrogen (secondary N) is 1. The Morgan fingerprint density at radius 3 is 1.09 bits per heavy atom. The summed E-state index contributed by atoms with van der Waals surface area (Å²) in [7, 11) is -4.45. The highest BCUT2D eigenvalue weighted by molar-refractivity contribution is 7.85. The van der Waals surface area contributed by atoms with E-state index in [0.29, 0.717) is 6.42 Å². The monoisotopic (exact) mass is 840 g/mol. The second-order valence-electron chi connectivity index (χ2n) is 17.6. The fraction of sp³-hybridized carbons (Fsp3) is 0.900. The normalized spacial score (nSPS) is 13.8. The van der Waals surface area contributed by atoms with Crippen molar-refractivity contribution in [3.63, 3.8) is 0 Å². The molecule has 0 radical (unpaired) electrons. The van der Waals surface area contributed by atoms with Crippen LogP contribution >= 0.6 is 0 Å². The maximum atomic E-state index is 12.7. The van der Waals surface area contributed by atoms with E-state index in [2.05, 4.69) is 31.3 Å². The lowest BCUT2D eigenvalue weighted by Crippen LogP contribution is -2.50. The predicted molar refractivity (Wildman–Crippen MR) is 250 cm³/mol. The predicted octanol–water partition coefficient (Wildman–Crippen LogP) is 14.4. The highest BCUT2D eigenvalue weighted by Crippen LogP contribution is 2.16. The summed E-state index contributed by atoms with van der Waals surface area (Å²) in [4.78, 5) is 12.7. The highest BCUT2D eigenvalue weighted by atomic mass is 32.2. The van der Waals surface area contributed by atoms with Crippen molar-refractivity contribution in [3.05, 3.63) is 24.3 Å². The molecule has 0 aliphatic heterocycles. The van der Waals surface area contributed by atoms with Crippen molar-refractivity contribution in [2.75, 3.05) is 5.75 Å². The summed E-state index contributed by atoms with van der Waals surface area (Å²) >= 11 is 0. The van der Waals surface area contributed by atoms with E-state index in [1.807, 2.05) is 6.08 Å². The number of aliphatic hydroxyl groups is 2. The Balaban J connectivity index is 3.91. The molecule has 0 aromatic carbocycles. The van der Waals surface area contributed by atoms with Crippen LogP contribution in [0.25, 0.3) is 0 Å². The lowest BCUT2D eigenvalue weighted by Gasteiger charge is -2.22. The van der Waals surface area contributed by atoms with Gasteiger partial charge in [0.2, 0.25) is 5.91 Å². The van der Waals surface area contributed by atoms with E-state index in [0.717, 1.165) is 44.9 Å². The number of amides is 1. The number of carbonyl (C=O) groups excluding carboxylic acids is 1. The van der Waals surface area contributed by atoms with Gasteiger partial charge in [0.1, 0.15) is 6.10 Å². The molecule has 4 N–H and O–H groups in total. The molecule has 0 rings (SSSR count). The molecule has 0 aliphatic carbocycles. The molecule has 58 heavy (non-hydrogen) atoms. The topological polar surface area (TPSA) is 124 Å². The minimum atomic E-state index is -4.45. The SMILES string of the molecule is CCCCCCCCCCCC/C=C\CCCCCCCCC(O)C(=O)NC(CS(=O)(=O)O)C(O)/C=C/CCCCCCCCCCCCCCCCCCCCC. The van der Waals surface area contributed by atoms with E-state index in [1.54, 1.807) is 0 Å². The molecule has 7 nitrogen and oxygen atoms in total. The molecule has 0 spiro atoms. The molecule has 0 heterocycles. The highest BCUT2D eigenvalue weighted by Gasteiger charge is 2.27. The minimum Gasteiger partial charge on any atom is -0.387 e. The third-order valence-electron chi connectivity index (χ3n) is 11.7. The molecule has 0 aromatic rings. The summed E-state index contributed by atoms with van der Waals surface area (Å²) in [6, 6.07) is -1.23. The molecular formula is C50H97NO6S. The Hall–Kier alpha value is -1.22. The second kappa shape index (κ2) is 43.9. The van der Waals surface area contributed by atoms with Crippen molar-refractivity contribution < 1.29 is 28.0 Å². The van der Waals surface area contributed by atoms with Crippen LogP contribution in [0.5, 0.6) is 0 Å². The van der Waals surface area contributed by atoms with Crippen LogP contribution in [0.1, 0.15) is 264 Å². The van der Waals surface area contributed by atoms with Gasteiger partial charge < -0.3 is 15.5 Å². The summed E-state index contributed by atoms with van der Waals surface area (Å²) in [5, 5.41) is 23.5. The number of aliphatic hydroxyl groups excluding tert-OH is 2. The zero-order chi connectivity index (χ0) is 42.6. The average molecular weight is 840 g/mol. The Morgan fingerprint density at radius 2 is 0.759 bits per heavy atom. The molecular weight excluding hydrogens is 743 g/mol. The molecule has 0 aromatic heterocycles. The summed E-state index contributed by atoms with van der Waals surface area (Å²) in [6.07, 6.45) is 53.9. The van der Waals surface area contributed by atoms with Crippen molar-refractivity contribution in [3.8, 4) is 0 Å². The van der Waals surface area contributed by atoms with Gasteiger partial charge in [-0.05, 0) is 44.9 Å². The Morgan fingerprint density at radius 1 is 0.466 bits per heavy atom. The molecule has 344 valence electrons. The molecule has 0 saturated carbocycles. The van der Waals surface area contributed by atoms with Gasteiger partial charge in [0, 0.05) is 0 Å². The number of carbonyl (C=O) groups is 1. The average Bonchev–Trinajstić information content (AvgIpc) is 3.19.